The predicted octanol–water partition coefficient (Wildman–Crippen LogP) is 0.733. The van der Waals surface area contributed by atoms with Crippen LogP contribution in [0.2, 0.25) is 0 Å². The fraction of sp³-hybridized carbons (Fsp3) is 0.917. The van der Waals surface area contributed by atoms with E-state index in [-0.39, 0.29) is 24.0 Å². The largest absolute Gasteiger partial charge is 0.370 e. The molecule has 0 aromatic rings. The summed E-state index contributed by atoms with van der Waals surface area (Å²) in [5.74, 6) is 0.795. The fourth-order valence-corrected chi connectivity index (χ4v) is 3.72. The topological polar surface area (TPSA) is 87.8 Å². The highest BCUT2D eigenvalue weighted by atomic mass is 127. The van der Waals surface area contributed by atoms with Gasteiger partial charge in [-0.3, -0.25) is 4.99 Å². The summed E-state index contributed by atoms with van der Waals surface area (Å²) in [6.45, 7) is 1.78. The zero-order chi connectivity index (χ0) is 13.9. The Balaban J connectivity index is 0.00000200. The van der Waals surface area contributed by atoms with Crippen molar-refractivity contribution in [1.82, 2.24) is 9.62 Å². The summed E-state index contributed by atoms with van der Waals surface area (Å²) in [6.07, 6.45) is 6.98. The van der Waals surface area contributed by atoms with E-state index in [0.29, 0.717) is 37.6 Å². The average Bonchev–Trinajstić information content (AvgIpc) is 2.95. The Kier molecular flexibility index (Phi) is 6.99. The molecule has 0 aromatic carbocycles. The first kappa shape index (κ1) is 18.0. The Morgan fingerprint density at radius 2 is 2.00 bits per heavy atom. The SMILES string of the molecule is CS(=O)(=O)N1CCC(CN=C(N)NC2CCCC2)C1.I. The van der Waals surface area contributed by atoms with Crippen molar-refractivity contribution in [2.24, 2.45) is 16.6 Å². The van der Waals surface area contributed by atoms with Crippen LogP contribution in [-0.2, 0) is 10.0 Å². The quantitative estimate of drug-likeness (QED) is 0.402. The molecule has 0 amide bonds. The van der Waals surface area contributed by atoms with E-state index in [1.54, 1.807) is 0 Å². The van der Waals surface area contributed by atoms with Gasteiger partial charge in [0.2, 0.25) is 10.0 Å². The minimum Gasteiger partial charge on any atom is -0.370 e. The smallest absolute Gasteiger partial charge is 0.211 e. The van der Waals surface area contributed by atoms with Crippen LogP contribution in [0.1, 0.15) is 32.1 Å². The minimum atomic E-state index is -3.05. The number of halogens is 1. The summed E-state index contributed by atoms with van der Waals surface area (Å²) in [5, 5.41) is 3.24. The van der Waals surface area contributed by atoms with Crippen molar-refractivity contribution in [2.45, 2.75) is 38.1 Å². The number of hydrogen-bond donors (Lipinski definition) is 2. The number of guanidine groups is 1. The number of nitrogens with two attached hydrogens (primary N) is 1. The predicted molar refractivity (Wildman–Crippen MR) is 91.8 cm³/mol. The molecule has 0 radical (unpaired) electrons. The van der Waals surface area contributed by atoms with Crippen LogP contribution in [0.25, 0.3) is 0 Å². The number of nitrogens with zero attached hydrogens (tertiary/aromatic N) is 2. The van der Waals surface area contributed by atoms with Crippen molar-refractivity contribution in [1.29, 1.82) is 0 Å². The van der Waals surface area contributed by atoms with Gasteiger partial charge < -0.3 is 11.1 Å². The van der Waals surface area contributed by atoms with Crippen LogP contribution in [0.5, 0.6) is 0 Å². The van der Waals surface area contributed by atoms with E-state index in [1.807, 2.05) is 0 Å². The maximum atomic E-state index is 11.4. The Labute approximate surface area is 138 Å². The lowest BCUT2D eigenvalue weighted by Crippen LogP contribution is -2.39. The molecular formula is C12H25IN4O2S. The molecule has 2 aliphatic rings. The highest BCUT2D eigenvalue weighted by molar-refractivity contribution is 14.0. The van der Waals surface area contributed by atoms with Crippen LogP contribution in [0.3, 0.4) is 0 Å². The molecule has 1 aliphatic heterocycles. The van der Waals surface area contributed by atoms with Gasteiger partial charge in [-0.1, -0.05) is 12.8 Å². The van der Waals surface area contributed by atoms with Gasteiger partial charge in [-0.15, -0.1) is 24.0 Å². The van der Waals surface area contributed by atoms with E-state index in [4.69, 9.17) is 5.73 Å². The second-order valence-electron chi connectivity index (χ2n) is 5.63. The highest BCUT2D eigenvalue weighted by Gasteiger charge is 2.28. The summed E-state index contributed by atoms with van der Waals surface area (Å²) in [5.41, 5.74) is 5.86. The Hall–Kier alpha value is -0.0900. The average molecular weight is 416 g/mol. The van der Waals surface area contributed by atoms with Gasteiger partial charge in [-0.25, -0.2) is 12.7 Å². The number of nitrogens with one attached hydrogen (secondary N) is 1. The van der Waals surface area contributed by atoms with Crippen LogP contribution < -0.4 is 11.1 Å². The van der Waals surface area contributed by atoms with Gasteiger partial charge in [-0.05, 0) is 25.2 Å². The normalized spacial score (nSPS) is 25.6. The fourth-order valence-electron chi connectivity index (χ4n) is 2.80. The molecule has 1 heterocycles. The molecule has 1 atom stereocenters. The van der Waals surface area contributed by atoms with E-state index < -0.39 is 10.0 Å². The highest BCUT2D eigenvalue weighted by Crippen LogP contribution is 2.19. The molecule has 2 fully saturated rings. The first-order valence-electron chi connectivity index (χ1n) is 6.97. The zero-order valence-corrected chi connectivity index (χ0v) is 15.1. The van der Waals surface area contributed by atoms with Crippen LogP contribution in [0.4, 0.5) is 0 Å². The third-order valence-electron chi connectivity index (χ3n) is 3.94. The third-order valence-corrected chi connectivity index (χ3v) is 5.21. The summed E-state index contributed by atoms with van der Waals surface area (Å²) in [7, 11) is -3.05. The molecule has 20 heavy (non-hydrogen) atoms. The lowest BCUT2D eigenvalue weighted by Gasteiger charge is -2.14. The first-order chi connectivity index (χ1) is 8.95. The van der Waals surface area contributed by atoms with Crippen molar-refractivity contribution >= 4 is 40.0 Å². The lowest BCUT2D eigenvalue weighted by atomic mass is 10.1. The van der Waals surface area contributed by atoms with Gasteiger partial charge in [0.25, 0.3) is 0 Å². The van der Waals surface area contributed by atoms with Crippen LogP contribution in [-0.4, -0.2) is 50.6 Å². The molecule has 0 aromatic heterocycles. The van der Waals surface area contributed by atoms with Crippen LogP contribution >= 0.6 is 24.0 Å². The third kappa shape index (κ3) is 5.36. The minimum absolute atomic E-state index is 0. The summed E-state index contributed by atoms with van der Waals surface area (Å²) in [4.78, 5) is 4.35. The summed E-state index contributed by atoms with van der Waals surface area (Å²) >= 11 is 0. The molecule has 3 N–H and O–H groups in total. The van der Waals surface area contributed by atoms with Gasteiger partial charge in [-0.2, -0.15) is 0 Å². The van der Waals surface area contributed by atoms with Crippen molar-refractivity contribution in [3.8, 4) is 0 Å². The lowest BCUT2D eigenvalue weighted by molar-refractivity contribution is 0.464. The number of sulfonamides is 1. The van der Waals surface area contributed by atoms with E-state index in [2.05, 4.69) is 10.3 Å². The second kappa shape index (κ2) is 7.79. The molecule has 2 rings (SSSR count). The zero-order valence-electron chi connectivity index (χ0n) is 11.9. The molecule has 1 saturated carbocycles. The molecule has 8 heteroatoms. The Morgan fingerprint density at radius 3 is 2.55 bits per heavy atom. The molecule has 6 nitrogen and oxygen atoms in total. The molecule has 0 spiro atoms. The van der Waals surface area contributed by atoms with Gasteiger partial charge in [0.15, 0.2) is 5.96 Å². The van der Waals surface area contributed by atoms with Crippen molar-refractivity contribution in [3.05, 3.63) is 0 Å². The van der Waals surface area contributed by atoms with Crippen molar-refractivity contribution in [2.75, 3.05) is 25.9 Å². The van der Waals surface area contributed by atoms with Gasteiger partial charge in [0.05, 0.1) is 6.26 Å². The van der Waals surface area contributed by atoms with Crippen LogP contribution in [0, 0.1) is 5.92 Å². The molecule has 0 bridgehead atoms. The summed E-state index contributed by atoms with van der Waals surface area (Å²) in [6, 6.07) is 0.472. The summed E-state index contributed by atoms with van der Waals surface area (Å²) < 4.78 is 24.3. The van der Waals surface area contributed by atoms with E-state index >= 15 is 0 Å². The van der Waals surface area contributed by atoms with E-state index in [1.165, 1.54) is 36.2 Å². The maximum absolute atomic E-state index is 11.4. The van der Waals surface area contributed by atoms with Crippen molar-refractivity contribution in [3.63, 3.8) is 0 Å². The second-order valence-corrected chi connectivity index (χ2v) is 7.61. The monoisotopic (exact) mass is 416 g/mol. The van der Waals surface area contributed by atoms with E-state index in [9.17, 15) is 8.42 Å². The van der Waals surface area contributed by atoms with Gasteiger partial charge in [0.1, 0.15) is 0 Å². The Morgan fingerprint density at radius 1 is 1.35 bits per heavy atom. The van der Waals surface area contributed by atoms with Gasteiger partial charge in [0, 0.05) is 25.7 Å². The van der Waals surface area contributed by atoms with Crippen molar-refractivity contribution < 1.29 is 8.42 Å². The first-order valence-corrected chi connectivity index (χ1v) is 8.81. The van der Waals surface area contributed by atoms with E-state index in [0.717, 1.165) is 6.42 Å². The number of hydrogen-bond acceptors (Lipinski definition) is 3. The van der Waals surface area contributed by atoms with Crippen LogP contribution in [0.15, 0.2) is 4.99 Å². The maximum Gasteiger partial charge on any atom is 0.211 e. The number of aliphatic imine (C=N–C) groups is 1. The molecule has 1 unspecified atom stereocenters. The number of rotatable bonds is 4. The Bertz CT molecular complexity index is 435. The molecular weight excluding hydrogens is 391 g/mol. The molecule has 1 saturated heterocycles. The standard InChI is InChI=1S/C12H24N4O2S.HI/c1-19(17,18)16-7-6-10(9-16)8-14-12(13)15-11-4-2-3-5-11;/h10-11H,2-9H2,1H3,(H3,13,14,15);1H. The molecule has 1 aliphatic carbocycles. The molecule has 118 valence electrons. The van der Waals surface area contributed by atoms with Gasteiger partial charge >= 0.3 is 0 Å².